The van der Waals surface area contributed by atoms with Crippen LogP contribution in [0.4, 0.5) is 5.69 Å². The first-order valence-electron chi connectivity index (χ1n) is 5.50. The largest absolute Gasteiger partial charge is 0.459 e. The summed E-state index contributed by atoms with van der Waals surface area (Å²) in [6.07, 6.45) is 1.96. The molecule has 0 radical (unpaired) electrons. The lowest BCUT2D eigenvalue weighted by Crippen LogP contribution is -2.18. The lowest BCUT2D eigenvalue weighted by molar-refractivity contribution is 0.0162. The molecule has 1 aromatic rings. The topological polar surface area (TPSA) is 61.6 Å². The average Bonchev–Trinajstić information content (AvgIpc) is 2.82. The van der Waals surface area contributed by atoms with E-state index in [0.29, 0.717) is 16.3 Å². The number of hydrogen-bond donors (Lipinski definition) is 1. The molecule has 2 rings (SSSR count). The summed E-state index contributed by atoms with van der Waals surface area (Å²) in [4.78, 5) is 11.8. The molecule has 1 saturated heterocycles. The number of ether oxygens (including phenoxy) is 2. The van der Waals surface area contributed by atoms with E-state index in [0.717, 1.165) is 19.4 Å². The van der Waals surface area contributed by atoms with Crippen LogP contribution >= 0.6 is 11.6 Å². The number of halogens is 1. The van der Waals surface area contributed by atoms with Crippen molar-refractivity contribution < 1.29 is 14.3 Å². The number of anilines is 1. The Morgan fingerprint density at radius 1 is 1.59 bits per heavy atom. The van der Waals surface area contributed by atoms with Crippen molar-refractivity contribution in [1.29, 1.82) is 0 Å². The molecule has 0 aromatic heterocycles. The number of nitrogens with two attached hydrogens (primary N) is 1. The van der Waals surface area contributed by atoms with Crippen LogP contribution in [-0.2, 0) is 9.47 Å². The smallest absolute Gasteiger partial charge is 0.340 e. The van der Waals surface area contributed by atoms with Crippen molar-refractivity contribution in [3.05, 3.63) is 28.8 Å². The second-order valence-electron chi connectivity index (χ2n) is 3.97. The van der Waals surface area contributed by atoms with Crippen LogP contribution in [-0.4, -0.2) is 25.3 Å². The third kappa shape index (κ3) is 3.11. The SMILES string of the molecule is Nc1ccc(Cl)cc1C(=O)OCC1CCCO1. The van der Waals surface area contributed by atoms with Gasteiger partial charge in [-0.05, 0) is 31.0 Å². The molecule has 1 fully saturated rings. The lowest BCUT2D eigenvalue weighted by Gasteiger charge is -2.11. The molecule has 2 N–H and O–H groups in total. The van der Waals surface area contributed by atoms with Crippen LogP contribution in [0.2, 0.25) is 5.02 Å². The minimum Gasteiger partial charge on any atom is -0.459 e. The average molecular weight is 256 g/mol. The van der Waals surface area contributed by atoms with Gasteiger partial charge in [0.25, 0.3) is 0 Å². The van der Waals surface area contributed by atoms with E-state index in [-0.39, 0.29) is 12.7 Å². The summed E-state index contributed by atoms with van der Waals surface area (Å²) in [5.41, 5.74) is 6.35. The van der Waals surface area contributed by atoms with E-state index in [1.165, 1.54) is 6.07 Å². The molecule has 1 aliphatic heterocycles. The number of esters is 1. The molecular formula is C12H14ClNO3. The van der Waals surface area contributed by atoms with E-state index < -0.39 is 5.97 Å². The fourth-order valence-corrected chi connectivity index (χ4v) is 1.90. The van der Waals surface area contributed by atoms with Gasteiger partial charge < -0.3 is 15.2 Å². The van der Waals surface area contributed by atoms with Crippen LogP contribution in [0.15, 0.2) is 18.2 Å². The summed E-state index contributed by atoms with van der Waals surface area (Å²) in [5.74, 6) is -0.458. The van der Waals surface area contributed by atoms with E-state index in [1.54, 1.807) is 12.1 Å². The maximum Gasteiger partial charge on any atom is 0.340 e. The Bertz CT molecular complexity index is 416. The van der Waals surface area contributed by atoms with Crippen LogP contribution in [0, 0.1) is 0 Å². The monoisotopic (exact) mass is 255 g/mol. The van der Waals surface area contributed by atoms with Gasteiger partial charge in [0.1, 0.15) is 6.61 Å². The molecule has 1 heterocycles. The van der Waals surface area contributed by atoms with Crippen molar-refractivity contribution >= 4 is 23.3 Å². The first-order valence-corrected chi connectivity index (χ1v) is 5.88. The summed E-state index contributed by atoms with van der Waals surface area (Å²) >= 11 is 5.80. The fourth-order valence-electron chi connectivity index (χ4n) is 1.73. The Morgan fingerprint density at radius 3 is 3.12 bits per heavy atom. The highest BCUT2D eigenvalue weighted by Crippen LogP contribution is 2.19. The Labute approximate surface area is 105 Å². The number of benzene rings is 1. The molecule has 1 atom stereocenters. The summed E-state index contributed by atoms with van der Waals surface area (Å²) in [7, 11) is 0. The molecule has 0 amide bonds. The summed E-state index contributed by atoms with van der Waals surface area (Å²) < 4.78 is 10.5. The molecule has 0 saturated carbocycles. The zero-order valence-corrected chi connectivity index (χ0v) is 10.1. The second kappa shape index (κ2) is 5.38. The maximum atomic E-state index is 11.8. The predicted molar refractivity (Wildman–Crippen MR) is 65.1 cm³/mol. The van der Waals surface area contributed by atoms with E-state index in [4.69, 9.17) is 26.8 Å². The second-order valence-corrected chi connectivity index (χ2v) is 4.40. The summed E-state index contributed by atoms with van der Waals surface area (Å²) in [5, 5.41) is 0.461. The van der Waals surface area contributed by atoms with Crippen LogP contribution in [0.5, 0.6) is 0 Å². The quantitative estimate of drug-likeness (QED) is 0.665. The Hall–Kier alpha value is -1.26. The van der Waals surface area contributed by atoms with Gasteiger partial charge in [-0.3, -0.25) is 0 Å². The maximum absolute atomic E-state index is 11.8. The number of hydrogen-bond acceptors (Lipinski definition) is 4. The van der Waals surface area contributed by atoms with Gasteiger partial charge >= 0.3 is 5.97 Å². The standard InChI is InChI=1S/C12H14ClNO3/c13-8-3-4-11(14)10(6-8)12(15)17-7-9-2-1-5-16-9/h3-4,6,9H,1-2,5,7,14H2. The zero-order chi connectivity index (χ0) is 12.3. The Morgan fingerprint density at radius 2 is 2.41 bits per heavy atom. The van der Waals surface area contributed by atoms with Gasteiger partial charge in [-0.25, -0.2) is 4.79 Å². The van der Waals surface area contributed by atoms with Gasteiger partial charge in [0, 0.05) is 17.3 Å². The molecule has 1 aliphatic rings. The van der Waals surface area contributed by atoms with Crippen molar-refractivity contribution in [3.8, 4) is 0 Å². The molecule has 5 heteroatoms. The predicted octanol–water partition coefficient (Wildman–Crippen LogP) is 2.26. The van der Waals surface area contributed by atoms with Gasteiger partial charge in [0.15, 0.2) is 0 Å². The van der Waals surface area contributed by atoms with Crippen molar-refractivity contribution in [2.75, 3.05) is 18.9 Å². The van der Waals surface area contributed by atoms with E-state index in [1.807, 2.05) is 0 Å². The molecule has 0 bridgehead atoms. The number of rotatable bonds is 3. The van der Waals surface area contributed by atoms with Crippen molar-refractivity contribution in [3.63, 3.8) is 0 Å². The van der Waals surface area contributed by atoms with Crippen LogP contribution < -0.4 is 5.73 Å². The molecule has 1 aromatic carbocycles. The molecule has 1 unspecified atom stereocenters. The highest BCUT2D eigenvalue weighted by molar-refractivity contribution is 6.31. The van der Waals surface area contributed by atoms with Gasteiger partial charge in [0.2, 0.25) is 0 Å². The third-order valence-corrected chi connectivity index (χ3v) is 2.89. The van der Waals surface area contributed by atoms with Crippen LogP contribution in [0.1, 0.15) is 23.2 Å². The number of carbonyl (C=O) groups is 1. The molecule has 4 nitrogen and oxygen atoms in total. The van der Waals surface area contributed by atoms with E-state index in [2.05, 4.69) is 0 Å². The lowest BCUT2D eigenvalue weighted by atomic mass is 10.2. The minimum absolute atomic E-state index is 0.0133. The van der Waals surface area contributed by atoms with E-state index in [9.17, 15) is 4.79 Å². The Kier molecular flexibility index (Phi) is 3.86. The molecule has 0 aliphatic carbocycles. The van der Waals surface area contributed by atoms with Crippen LogP contribution in [0.25, 0.3) is 0 Å². The first kappa shape index (κ1) is 12.2. The minimum atomic E-state index is -0.458. The summed E-state index contributed by atoms with van der Waals surface area (Å²) in [6, 6.07) is 4.73. The number of carbonyl (C=O) groups excluding carboxylic acids is 1. The van der Waals surface area contributed by atoms with Gasteiger partial charge in [0.05, 0.1) is 11.7 Å². The molecule has 17 heavy (non-hydrogen) atoms. The molecule has 92 valence electrons. The number of nitrogen functional groups attached to an aromatic ring is 1. The van der Waals surface area contributed by atoms with Gasteiger partial charge in [-0.15, -0.1) is 0 Å². The Balaban J connectivity index is 1.96. The van der Waals surface area contributed by atoms with Crippen molar-refractivity contribution in [2.24, 2.45) is 0 Å². The van der Waals surface area contributed by atoms with Gasteiger partial charge in [-0.1, -0.05) is 11.6 Å². The van der Waals surface area contributed by atoms with Crippen molar-refractivity contribution in [1.82, 2.24) is 0 Å². The third-order valence-electron chi connectivity index (χ3n) is 2.66. The highest BCUT2D eigenvalue weighted by atomic mass is 35.5. The van der Waals surface area contributed by atoms with E-state index >= 15 is 0 Å². The van der Waals surface area contributed by atoms with Crippen LogP contribution in [0.3, 0.4) is 0 Å². The fraction of sp³-hybridized carbons (Fsp3) is 0.417. The summed E-state index contributed by atoms with van der Waals surface area (Å²) in [6.45, 7) is 1.01. The molecular weight excluding hydrogens is 242 g/mol. The first-order chi connectivity index (χ1) is 8.16. The molecule has 0 spiro atoms. The normalized spacial score (nSPS) is 19.2. The highest BCUT2D eigenvalue weighted by Gasteiger charge is 2.19. The van der Waals surface area contributed by atoms with Gasteiger partial charge in [-0.2, -0.15) is 0 Å². The zero-order valence-electron chi connectivity index (χ0n) is 9.32. The van der Waals surface area contributed by atoms with Crippen molar-refractivity contribution in [2.45, 2.75) is 18.9 Å².